The monoisotopic (exact) mass is 275 g/mol. The molecule has 2 aromatic carbocycles. The maximum atomic E-state index is 14.0. The molecule has 1 nitrogen and oxygen atoms in total. The highest BCUT2D eigenvalue weighted by Gasteiger charge is 2.11. The quantitative estimate of drug-likeness (QED) is 0.874. The summed E-state index contributed by atoms with van der Waals surface area (Å²) in [5, 5.41) is 3.24. The Bertz CT molecular complexity index is 621. The van der Waals surface area contributed by atoms with Crippen LogP contribution in [0.2, 0.25) is 0 Å². The van der Waals surface area contributed by atoms with Gasteiger partial charge in [-0.25, -0.2) is 8.78 Å². The molecule has 0 radical (unpaired) electrons. The normalized spacial score (nSPS) is 10.8. The number of rotatable bonds is 4. The highest BCUT2D eigenvalue weighted by molar-refractivity contribution is 5.68. The highest BCUT2D eigenvalue weighted by atomic mass is 19.1. The average molecular weight is 275 g/mol. The lowest BCUT2D eigenvalue weighted by Gasteiger charge is -2.11. The van der Waals surface area contributed by atoms with Crippen molar-refractivity contribution in [3.8, 4) is 11.1 Å². The molecule has 1 N–H and O–H groups in total. The van der Waals surface area contributed by atoms with E-state index in [0.717, 1.165) is 29.8 Å². The molecular weight excluding hydrogens is 256 g/mol. The fourth-order valence-corrected chi connectivity index (χ4v) is 2.26. The van der Waals surface area contributed by atoms with Crippen molar-refractivity contribution in [2.45, 2.75) is 27.3 Å². The largest absolute Gasteiger partial charge is 0.313 e. The molecule has 20 heavy (non-hydrogen) atoms. The maximum Gasteiger partial charge on any atom is 0.131 e. The summed E-state index contributed by atoms with van der Waals surface area (Å²) in [4.78, 5) is 0. The summed E-state index contributed by atoms with van der Waals surface area (Å²) in [6, 6.07) is 8.33. The van der Waals surface area contributed by atoms with Gasteiger partial charge in [-0.1, -0.05) is 25.1 Å². The van der Waals surface area contributed by atoms with Gasteiger partial charge in [0.2, 0.25) is 0 Å². The third-order valence-electron chi connectivity index (χ3n) is 3.41. The van der Waals surface area contributed by atoms with Gasteiger partial charge in [0.1, 0.15) is 11.6 Å². The summed E-state index contributed by atoms with van der Waals surface area (Å²) in [6.45, 7) is 7.21. The van der Waals surface area contributed by atoms with Crippen molar-refractivity contribution in [3.05, 3.63) is 58.7 Å². The first-order valence-corrected chi connectivity index (χ1v) is 6.79. The number of hydrogen-bond acceptors (Lipinski definition) is 1. The van der Waals surface area contributed by atoms with Gasteiger partial charge in [-0.05, 0) is 54.8 Å². The molecule has 106 valence electrons. The molecule has 0 spiro atoms. The zero-order chi connectivity index (χ0) is 14.7. The molecule has 0 aliphatic rings. The fourth-order valence-electron chi connectivity index (χ4n) is 2.26. The minimum absolute atomic E-state index is 0.320. The first-order chi connectivity index (χ1) is 9.52. The predicted molar refractivity (Wildman–Crippen MR) is 78.6 cm³/mol. The van der Waals surface area contributed by atoms with E-state index >= 15 is 0 Å². The Morgan fingerprint density at radius 2 is 1.65 bits per heavy atom. The highest BCUT2D eigenvalue weighted by Crippen LogP contribution is 2.28. The van der Waals surface area contributed by atoms with Crippen LogP contribution < -0.4 is 5.32 Å². The molecule has 0 amide bonds. The van der Waals surface area contributed by atoms with Crippen LogP contribution in [0.15, 0.2) is 30.3 Å². The minimum Gasteiger partial charge on any atom is -0.313 e. The van der Waals surface area contributed by atoms with Crippen molar-refractivity contribution in [2.75, 3.05) is 6.54 Å². The Labute approximate surface area is 118 Å². The molecule has 0 bridgehead atoms. The molecule has 0 saturated carbocycles. The van der Waals surface area contributed by atoms with Gasteiger partial charge in [-0.3, -0.25) is 0 Å². The molecule has 0 fully saturated rings. The van der Waals surface area contributed by atoms with Crippen molar-refractivity contribution >= 4 is 0 Å². The average Bonchev–Trinajstić information content (AvgIpc) is 2.41. The molecular formula is C17H19F2N. The molecule has 0 aliphatic heterocycles. The van der Waals surface area contributed by atoms with E-state index in [1.54, 1.807) is 6.92 Å². The van der Waals surface area contributed by atoms with Crippen LogP contribution in [0.4, 0.5) is 8.78 Å². The topological polar surface area (TPSA) is 12.0 Å². The van der Waals surface area contributed by atoms with E-state index in [2.05, 4.69) is 5.32 Å². The van der Waals surface area contributed by atoms with E-state index < -0.39 is 0 Å². The standard InChI is InChI=1S/C17H19F2N/c1-4-20-10-13-5-6-14(11(2)7-13)15-9-16(18)12(3)8-17(15)19/h5-9,20H,4,10H2,1-3H3. The summed E-state index contributed by atoms with van der Waals surface area (Å²) in [5.74, 6) is -0.760. The number of benzene rings is 2. The van der Waals surface area contributed by atoms with Crippen molar-refractivity contribution in [2.24, 2.45) is 0 Å². The predicted octanol–water partition coefficient (Wildman–Crippen LogP) is 4.36. The van der Waals surface area contributed by atoms with E-state index in [1.165, 1.54) is 12.1 Å². The van der Waals surface area contributed by atoms with E-state index in [-0.39, 0.29) is 11.6 Å². The third-order valence-corrected chi connectivity index (χ3v) is 3.41. The van der Waals surface area contributed by atoms with Crippen LogP contribution in [0, 0.1) is 25.5 Å². The SMILES string of the molecule is CCNCc1ccc(-c2cc(F)c(C)cc2F)c(C)c1. The number of halogens is 2. The van der Waals surface area contributed by atoms with Crippen molar-refractivity contribution in [1.29, 1.82) is 0 Å². The molecule has 0 heterocycles. The Hall–Kier alpha value is -1.74. The lowest BCUT2D eigenvalue weighted by molar-refractivity contribution is 0.595. The van der Waals surface area contributed by atoms with Gasteiger partial charge in [-0.2, -0.15) is 0 Å². The van der Waals surface area contributed by atoms with Crippen LogP contribution in [0.3, 0.4) is 0 Å². The molecule has 0 saturated heterocycles. The smallest absolute Gasteiger partial charge is 0.131 e. The molecule has 2 aromatic rings. The zero-order valence-corrected chi connectivity index (χ0v) is 12.1. The van der Waals surface area contributed by atoms with Gasteiger partial charge in [0.05, 0.1) is 0 Å². The molecule has 0 aromatic heterocycles. The molecule has 0 atom stereocenters. The summed E-state index contributed by atoms with van der Waals surface area (Å²) in [5.41, 5.74) is 3.47. The van der Waals surface area contributed by atoms with E-state index in [4.69, 9.17) is 0 Å². The molecule has 0 aliphatic carbocycles. The van der Waals surface area contributed by atoms with E-state index in [0.29, 0.717) is 11.1 Å². The van der Waals surface area contributed by atoms with E-state index in [1.807, 2.05) is 32.0 Å². The lowest BCUT2D eigenvalue weighted by atomic mass is 9.97. The van der Waals surface area contributed by atoms with Gasteiger partial charge in [0.25, 0.3) is 0 Å². The first kappa shape index (κ1) is 14.7. The summed E-state index contributed by atoms with van der Waals surface area (Å²) in [7, 11) is 0. The van der Waals surface area contributed by atoms with Crippen molar-refractivity contribution < 1.29 is 8.78 Å². The molecule has 3 heteroatoms. The third kappa shape index (κ3) is 3.05. The van der Waals surface area contributed by atoms with Crippen molar-refractivity contribution in [1.82, 2.24) is 5.32 Å². The van der Waals surface area contributed by atoms with Crippen LogP contribution in [0.1, 0.15) is 23.6 Å². The van der Waals surface area contributed by atoms with Crippen LogP contribution >= 0.6 is 0 Å². The van der Waals surface area contributed by atoms with Gasteiger partial charge in [0, 0.05) is 12.1 Å². The summed E-state index contributed by atoms with van der Waals surface area (Å²) >= 11 is 0. The first-order valence-electron chi connectivity index (χ1n) is 6.79. The van der Waals surface area contributed by atoms with Gasteiger partial charge >= 0.3 is 0 Å². The number of nitrogens with one attached hydrogen (secondary N) is 1. The Balaban J connectivity index is 2.41. The van der Waals surface area contributed by atoms with Crippen LogP contribution in [-0.2, 0) is 6.54 Å². The Kier molecular flexibility index (Phi) is 4.50. The van der Waals surface area contributed by atoms with Gasteiger partial charge in [0.15, 0.2) is 0 Å². The number of hydrogen-bond donors (Lipinski definition) is 1. The Morgan fingerprint density at radius 1 is 0.900 bits per heavy atom. The van der Waals surface area contributed by atoms with Crippen LogP contribution in [-0.4, -0.2) is 6.54 Å². The minimum atomic E-state index is -0.383. The maximum absolute atomic E-state index is 14.0. The second kappa shape index (κ2) is 6.14. The summed E-state index contributed by atoms with van der Waals surface area (Å²) in [6.07, 6.45) is 0. The van der Waals surface area contributed by atoms with Gasteiger partial charge in [-0.15, -0.1) is 0 Å². The van der Waals surface area contributed by atoms with Crippen LogP contribution in [0.25, 0.3) is 11.1 Å². The second-order valence-electron chi connectivity index (χ2n) is 5.01. The molecule has 0 unspecified atom stereocenters. The van der Waals surface area contributed by atoms with E-state index in [9.17, 15) is 8.78 Å². The fraction of sp³-hybridized carbons (Fsp3) is 0.294. The van der Waals surface area contributed by atoms with Gasteiger partial charge < -0.3 is 5.32 Å². The lowest BCUT2D eigenvalue weighted by Crippen LogP contribution is -2.11. The van der Waals surface area contributed by atoms with Crippen molar-refractivity contribution in [3.63, 3.8) is 0 Å². The second-order valence-corrected chi connectivity index (χ2v) is 5.01. The molecule has 2 rings (SSSR count). The number of aryl methyl sites for hydroxylation is 2. The Morgan fingerprint density at radius 3 is 2.30 bits per heavy atom. The van der Waals surface area contributed by atoms with Crippen LogP contribution in [0.5, 0.6) is 0 Å². The zero-order valence-electron chi connectivity index (χ0n) is 12.1. The summed E-state index contributed by atoms with van der Waals surface area (Å²) < 4.78 is 27.7.